The number of Topliss-reactive ketones (excluding diaryl/α,β-unsaturated/α-hetero) is 1. The zero-order chi connectivity index (χ0) is 19.1. The van der Waals surface area contributed by atoms with Crippen LogP contribution in [0.3, 0.4) is 0 Å². The fraction of sp³-hybridized carbons (Fsp3) is 0.591. The predicted octanol–water partition coefficient (Wildman–Crippen LogP) is 3.29. The maximum Gasteiger partial charge on any atom is 0.223 e. The van der Waals surface area contributed by atoms with E-state index in [1.807, 2.05) is 28.0 Å². The maximum atomic E-state index is 12.5. The van der Waals surface area contributed by atoms with E-state index < -0.39 is 0 Å². The van der Waals surface area contributed by atoms with Gasteiger partial charge in [-0.25, -0.2) is 0 Å². The van der Waals surface area contributed by atoms with Gasteiger partial charge in [-0.15, -0.1) is 0 Å². The van der Waals surface area contributed by atoms with Crippen LogP contribution in [-0.2, 0) is 9.59 Å². The average Bonchev–Trinajstić information content (AvgIpc) is 3.26. The second kappa shape index (κ2) is 9.67. The number of ketones is 1. The number of nitrogens with zero attached hydrogens (tertiary/aromatic N) is 2. The highest BCUT2D eigenvalue weighted by atomic mass is 16.2. The largest absolute Gasteiger partial charge is 0.343 e. The molecule has 2 fully saturated rings. The van der Waals surface area contributed by atoms with E-state index in [-0.39, 0.29) is 30.4 Å². The van der Waals surface area contributed by atoms with Crippen molar-refractivity contribution in [3.05, 3.63) is 35.9 Å². The number of hydrogen-bond acceptors (Lipinski definition) is 3. The summed E-state index contributed by atoms with van der Waals surface area (Å²) in [5.41, 5.74) is 0.669. The van der Waals surface area contributed by atoms with Crippen LogP contribution in [-0.4, -0.2) is 53.6 Å². The first-order chi connectivity index (χ1) is 13.1. The molecule has 2 heterocycles. The molecule has 2 aliphatic heterocycles. The zero-order valence-electron chi connectivity index (χ0n) is 16.1. The van der Waals surface area contributed by atoms with Crippen LogP contribution in [0.2, 0.25) is 0 Å². The van der Waals surface area contributed by atoms with Crippen molar-refractivity contribution in [3.63, 3.8) is 0 Å². The van der Waals surface area contributed by atoms with Gasteiger partial charge in [-0.2, -0.15) is 0 Å². The third-order valence-corrected chi connectivity index (χ3v) is 5.76. The topological polar surface area (TPSA) is 57.7 Å². The minimum Gasteiger partial charge on any atom is -0.343 e. The summed E-state index contributed by atoms with van der Waals surface area (Å²) in [7, 11) is 0. The lowest BCUT2D eigenvalue weighted by Gasteiger charge is -2.33. The minimum absolute atomic E-state index is 0.0220. The molecule has 0 radical (unpaired) electrons. The summed E-state index contributed by atoms with van der Waals surface area (Å²) in [5, 5.41) is 0. The zero-order valence-corrected chi connectivity index (χ0v) is 16.1. The molecule has 0 aliphatic carbocycles. The fourth-order valence-electron chi connectivity index (χ4n) is 4.13. The summed E-state index contributed by atoms with van der Waals surface area (Å²) in [6.07, 6.45) is 6.31. The number of piperidine rings is 1. The molecule has 0 N–H and O–H groups in total. The van der Waals surface area contributed by atoms with Gasteiger partial charge in [0.1, 0.15) is 0 Å². The van der Waals surface area contributed by atoms with Gasteiger partial charge in [-0.1, -0.05) is 30.3 Å². The highest BCUT2D eigenvalue weighted by Crippen LogP contribution is 2.23. The van der Waals surface area contributed by atoms with Crippen molar-refractivity contribution in [1.82, 2.24) is 9.80 Å². The Bertz CT molecular complexity index is 653. The number of amides is 2. The van der Waals surface area contributed by atoms with E-state index in [1.165, 1.54) is 0 Å². The lowest BCUT2D eigenvalue weighted by molar-refractivity contribution is -0.133. The fourth-order valence-corrected chi connectivity index (χ4v) is 4.13. The Hall–Kier alpha value is -2.17. The predicted molar refractivity (Wildman–Crippen MR) is 104 cm³/mol. The van der Waals surface area contributed by atoms with Gasteiger partial charge < -0.3 is 9.80 Å². The Labute approximate surface area is 161 Å². The highest BCUT2D eigenvalue weighted by Gasteiger charge is 2.25. The van der Waals surface area contributed by atoms with Crippen molar-refractivity contribution in [1.29, 1.82) is 0 Å². The first-order valence-corrected chi connectivity index (χ1v) is 10.3. The molecule has 0 aromatic heterocycles. The van der Waals surface area contributed by atoms with Crippen molar-refractivity contribution >= 4 is 17.6 Å². The van der Waals surface area contributed by atoms with E-state index in [0.717, 1.165) is 58.3 Å². The molecule has 1 aromatic carbocycles. The van der Waals surface area contributed by atoms with Crippen LogP contribution in [0.4, 0.5) is 0 Å². The Morgan fingerprint density at radius 3 is 2.22 bits per heavy atom. The summed E-state index contributed by atoms with van der Waals surface area (Å²) in [6, 6.07) is 9.15. The number of rotatable bonds is 7. The molecule has 27 heavy (non-hydrogen) atoms. The van der Waals surface area contributed by atoms with E-state index in [1.54, 1.807) is 12.1 Å². The molecule has 1 atom stereocenters. The second-order valence-corrected chi connectivity index (χ2v) is 7.76. The first-order valence-electron chi connectivity index (χ1n) is 10.3. The molecule has 0 saturated carbocycles. The first kappa shape index (κ1) is 19.6. The van der Waals surface area contributed by atoms with Crippen LogP contribution >= 0.6 is 0 Å². The van der Waals surface area contributed by atoms with Gasteiger partial charge in [0.15, 0.2) is 5.78 Å². The molecule has 0 spiro atoms. The summed E-state index contributed by atoms with van der Waals surface area (Å²) in [5.74, 6) is 0.757. The normalized spacial score (nSPS) is 19.9. The lowest BCUT2D eigenvalue weighted by Crippen LogP contribution is -2.40. The van der Waals surface area contributed by atoms with Crippen LogP contribution < -0.4 is 0 Å². The second-order valence-electron chi connectivity index (χ2n) is 7.76. The molecule has 0 bridgehead atoms. The third-order valence-electron chi connectivity index (χ3n) is 5.76. The summed E-state index contributed by atoms with van der Waals surface area (Å²) < 4.78 is 0. The minimum atomic E-state index is 0.0220. The number of hydrogen-bond donors (Lipinski definition) is 0. The summed E-state index contributed by atoms with van der Waals surface area (Å²) >= 11 is 0. The molecule has 3 rings (SSSR count). The summed E-state index contributed by atoms with van der Waals surface area (Å²) in [6.45, 7) is 3.31. The van der Waals surface area contributed by atoms with Crippen LogP contribution in [0.1, 0.15) is 61.7 Å². The molecular formula is C22H30N2O3. The monoisotopic (exact) mass is 370 g/mol. The van der Waals surface area contributed by atoms with Gasteiger partial charge >= 0.3 is 0 Å². The number of carbonyl (C=O) groups excluding carboxylic acids is 3. The van der Waals surface area contributed by atoms with Crippen LogP contribution in [0.15, 0.2) is 30.3 Å². The number of benzene rings is 1. The highest BCUT2D eigenvalue weighted by molar-refractivity contribution is 5.97. The average molecular weight is 370 g/mol. The third kappa shape index (κ3) is 5.65. The number of likely N-dealkylation sites (tertiary alicyclic amines) is 2. The molecule has 2 saturated heterocycles. The lowest BCUT2D eigenvalue weighted by atomic mass is 9.92. The van der Waals surface area contributed by atoms with Gasteiger partial charge in [-0.3, -0.25) is 14.4 Å². The molecule has 2 aliphatic rings. The molecule has 5 heteroatoms. The Morgan fingerprint density at radius 1 is 0.815 bits per heavy atom. The van der Waals surface area contributed by atoms with E-state index in [2.05, 4.69) is 0 Å². The Morgan fingerprint density at radius 2 is 1.48 bits per heavy atom. The quantitative estimate of drug-likeness (QED) is 0.692. The van der Waals surface area contributed by atoms with Crippen molar-refractivity contribution in [2.45, 2.75) is 51.4 Å². The van der Waals surface area contributed by atoms with E-state index in [4.69, 9.17) is 0 Å². The van der Waals surface area contributed by atoms with Crippen molar-refractivity contribution in [3.8, 4) is 0 Å². The van der Waals surface area contributed by atoms with E-state index in [0.29, 0.717) is 17.9 Å². The molecule has 5 nitrogen and oxygen atoms in total. The molecular weight excluding hydrogens is 340 g/mol. The Kier molecular flexibility index (Phi) is 7.02. The van der Waals surface area contributed by atoms with Crippen LogP contribution in [0.5, 0.6) is 0 Å². The van der Waals surface area contributed by atoms with Crippen LogP contribution in [0, 0.1) is 5.92 Å². The smallest absolute Gasteiger partial charge is 0.223 e. The van der Waals surface area contributed by atoms with Crippen LogP contribution in [0.25, 0.3) is 0 Å². The molecule has 1 unspecified atom stereocenters. The van der Waals surface area contributed by atoms with Crippen molar-refractivity contribution < 1.29 is 14.4 Å². The van der Waals surface area contributed by atoms with Gasteiger partial charge in [-0.05, 0) is 38.0 Å². The number of carbonyl (C=O) groups is 3. The van der Waals surface area contributed by atoms with Gasteiger partial charge in [0, 0.05) is 51.0 Å². The van der Waals surface area contributed by atoms with Crippen molar-refractivity contribution in [2.24, 2.45) is 5.92 Å². The molecule has 1 aromatic rings. The Balaban J connectivity index is 1.41. The SMILES string of the molecule is O=C(CCC(=O)N1CCCC(CCC(=O)N2CCCC2)C1)c1ccccc1. The molecule has 2 amide bonds. The van der Waals surface area contributed by atoms with Gasteiger partial charge in [0.25, 0.3) is 0 Å². The maximum absolute atomic E-state index is 12.5. The van der Waals surface area contributed by atoms with E-state index in [9.17, 15) is 14.4 Å². The van der Waals surface area contributed by atoms with Crippen molar-refractivity contribution in [2.75, 3.05) is 26.2 Å². The van der Waals surface area contributed by atoms with Gasteiger partial charge in [0.05, 0.1) is 0 Å². The standard InChI is InChI=1S/C22H30N2O3/c25-20(19-8-2-1-3-9-19)11-13-22(27)24-16-6-7-18(17-24)10-12-21(26)23-14-4-5-15-23/h1-3,8-9,18H,4-7,10-17H2. The van der Waals surface area contributed by atoms with E-state index >= 15 is 0 Å². The summed E-state index contributed by atoms with van der Waals surface area (Å²) in [4.78, 5) is 40.8. The van der Waals surface area contributed by atoms with Gasteiger partial charge in [0.2, 0.25) is 11.8 Å². The molecule has 146 valence electrons.